The van der Waals surface area contributed by atoms with E-state index in [1.807, 2.05) is 0 Å². The molecule has 3 N–H and O–H groups in total. The maximum absolute atomic E-state index is 11.4. The molecule has 0 saturated carbocycles. The fraction of sp³-hybridized carbons (Fsp3) is 0.769. The summed E-state index contributed by atoms with van der Waals surface area (Å²) in [5.41, 5.74) is -0.511. The number of nitrogens with one attached hydrogen (secondary N) is 3. The van der Waals surface area contributed by atoms with Crippen LogP contribution in [0.15, 0.2) is 4.99 Å². The van der Waals surface area contributed by atoms with Gasteiger partial charge in [0, 0.05) is 26.7 Å². The molecule has 0 aromatic heterocycles. The molecule has 0 bridgehead atoms. The molecule has 0 aromatic carbocycles. The number of carbonyl (C=O) groups is 2. The first kappa shape index (κ1) is 23.0. The predicted molar refractivity (Wildman–Crippen MR) is 95.6 cm³/mol. The number of guanidine groups is 1. The molecule has 1 amide bonds. The summed E-state index contributed by atoms with van der Waals surface area (Å²) < 4.78 is 9.63. The predicted octanol–water partition coefficient (Wildman–Crippen LogP) is 0.857. The van der Waals surface area contributed by atoms with E-state index >= 15 is 0 Å². The van der Waals surface area contributed by atoms with E-state index in [1.54, 1.807) is 27.8 Å². The minimum atomic E-state index is -0.511. The maximum Gasteiger partial charge on any atom is 0.407 e. The van der Waals surface area contributed by atoms with Crippen LogP contribution in [0.1, 0.15) is 27.2 Å². The van der Waals surface area contributed by atoms with Gasteiger partial charge in [0.25, 0.3) is 0 Å². The van der Waals surface area contributed by atoms with E-state index in [9.17, 15) is 9.59 Å². The highest BCUT2D eigenvalue weighted by Gasteiger charge is 2.15. The summed E-state index contributed by atoms with van der Waals surface area (Å²) in [5.74, 6) is 0.259. The van der Waals surface area contributed by atoms with Crippen molar-refractivity contribution >= 4 is 42.0 Å². The smallest absolute Gasteiger partial charge is 0.407 e. The number of rotatable bonds is 6. The molecule has 8 nitrogen and oxygen atoms in total. The van der Waals surface area contributed by atoms with Crippen LogP contribution in [-0.2, 0) is 14.3 Å². The number of methoxy groups -OCH3 is 1. The highest BCUT2D eigenvalue weighted by Crippen LogP contribution is 2.05. The number of halogens is 1. The lowest BCUT2D eigenvalue weighted by Gasteiger charge is -2.19. The van der Waals surface area contributed by atoms with E-state index in [2.05, 4.69) is 25.7 Å². The normalized spacial score (nSPS) is 11.0. The van der Waals surface area contributed by atoms with Crippen molar-refractivity contribution in [2.75, 3.05) is 33.8 Å². The Hall–Kier alpha value is -1.26. The van der Waals surface area contributed by atoms with Gasteiger partial charge in [0.2, 0.25) is 0 Å². The second-order valence-electron chi connectivity index (χ2n) is 5.18. The van der Waals surface area contributed by atoms with Crippen LogP contribution in [0, 0.1) is 0 Å². The van der Waals surface area contributed by atoms with Gasteiger partial charge in [-0.3, -0.25) is 9.79 Å². The molecule has 130 valence electrons. The van der Waals surface area contributed by atoms with Crippen LogP contribution in [0.2, 0.25) is 0 Å². The highest BCUT2D eigenvalue weighted by molar-refractivity contribution is 14.0. The fourth-order valence-corrected chi connectivity index (χ4v) is 1.27. The van der Waals surface area contributed by atoms with E-state index in [-0.39, 0.29) is 36.4 Å². The third-order valence-corrected chi connectivity index (χ3v) is 2.16. The van der Waals surface area contributed by atoms with Crippen molar-refractivity contribution in [3.05, 3.63) is 0 Å². The number of hydrogen-bond donors (Lipinski definition) is 3. The lowest BCUT2D eigenvalue weighted by atomic mass is 10.2. The quantitative estimate of drug-likeness (QED) is 0.190. The second kappa shape index (κ2) is 12.3. The molecule has 0 atom stereocenters. The number of ether oxygens (including phenoxy) is 2. The standard InChI is InChI=1S/C13H26N4O4.HI/c1-13(2,3)21-12(19)17-9-8-16-11(14-4)15-7-6-10(18)20-5;/h6-9H2,1-5H3,(H,17,19)(H2,14,15,16);1H. The number of aliphatic imine (C=N–C) groups is 1. The van der Waals surface area contributed by atoms with Gasteiger partial charge < -0.3 is 25.4 Å². The van der Waals surface area contributed by atoms with Crippen molar-refractivity contribution < 1.29 is 19.1 Å². The molecule has 0 saturated heterocycles. The summed E-state index contributed by atoms with van der Waals surface area (Å²) in [6.07, 6.45) is -0.203. The SMILES string of the molecule is CN=C(NCCNC(=O)OC(C)(C)C)NCCC(=O)OC.I. The Kier molecular flexibility index (Phi) is 12.9. The second-order valence-corrected chi connectivity index (χ2v) is 5.18. The number of amides is 1. The van der Waals surface area contributed by atoms with E-state index in [4.69, 9.17) is 4.74 Å². The lowest BCUT2D eigenvalue weighted by Crippen LogP contribution is -2.43. The zero-order chi connectivity index (χ0) is 16.3. The first-order valence-electron chi connectivity index (χ1n) is 6.76. The van der Waals surface area contributed by atoms with Crippen LogP contribution in [0.25, 0.3) is 0 Å². The summed E-state index contributed by atoms with van der Waals surface area (Å²) in [6.45, 7) is 6.71. The summed E-state index contributed by atoms with van der Waals surface area (Å²) in [4.78, 5) is 26.3. The first-order valence-corrected chi connectivity index (χ1v) is 6.76. The van der Waals surface area contributed by atoms with Crippen molar-refractivity contribution in [3.63, 3.8) is 0 Å². The summed E-state index contributed by atoms with van der Waals surface area (Å²) >= 11 is 0. The van der Waals surface area contributed by atoms with E-state index < -0.39 is 11.7 Å². The van der Waals surface area contributed by atoms with Crippen molar-refractivity contribution in [1.29, 1.82) is 0 Å². The zero-order valence-electron chi connectivity index (χ0n) is 13.8. The van der Waals surface area contributed by atoms with Crippen molar-refractivity contribution in [2.24, 2.45) is 4.99 Å². The van der Waals surface area contributed by atoms with Crippen LogP contribution in [0.4, 0.5) is 4.79 Å². The number of nitrogens with zero attached hydrogens (tertiary/aromatic N) is 1. The Morgan fingerprint density at radius 3 is 2.09 bits per heavy atom. The third-order valence-electron chi connectivity index (χ3n) is 2.16. The van der Waals surface area contributed by atoms with Gasteiger partial charge >= 0.3 is 12.1 Å². The summed E-state index contributed by atoms with van der Waals surface area (Å²) in [5, 5.41) is 8.57. The van der Waals surface area contributed by atoms with Crippen LogP contribution < -0.4 is 16.0 Å². The number of esters is 1. The van der Waals surface area contributed by atoms with Gasteiger partial charge in [-0.2, -0.15) is 0 Å². The first-order chi connectivity index (χ1) is 9.78. The molecule has 0 aliphatic rings. The fourth-order valence-electron chi connectivity index (χ4n) is 1.27. The van der Waals surface area contributed by atoms with Gasteiger partial charge in [-0.15, -0.1) is 24.0 Å². The zero-order valence-corrected chi connectivity index (χ0v) is 16.1. The molecule has 0 heterocycles. The van der Waals surface area contributed by atoms with Gasteiger partial charge in [-0.1, -0.05) is 0 Å². The number of hydrogen-bond acceptors (Lipinski definition) is 5. The molecular weight excluding hydrogens is 403 g/mol. The van der Waals surface area contributed by atoms with E-state index in [0.29, 0.717) is 25.6 Å². The molecule has 0 rings (SSSR count). The molecule has 0 unspecified atom stereocenters. The average Bonchev–Trinajstić information content (AvgIpc) is 2.39. The van der Waals surface area contributed by atoms with Gasteiger partial charge in [0.15, 0.2) is 5.96 Å². The molecule has 9 heteroatoms. The third kappa shape index (κ3) is 13.7. The van der Waals surface area contributed by atoms with Gasteiger partial charge in [0.05, 0.1) is 13.5 Å². The van der Waals surface area contributed by atoms with Crippen LogP contribution in [0.3, 0.4) is 0 Å². The van der Waals surface area contributed by atoms with E-state index in [1.165, 1.54) is 7.11 Å². The monoisotopic (exact) mass is 430 g/mol. The number of alkyl carbamates (subject to hydrolysis) is 1. The largest absolute Gasteiger partial charge is 0.469 e. The Labute approximate surface area is 148 Å². The summed E-state index contributed by atoms with van der Waals surface area (Å²) in [7, 11) is 2.96. The summed E-state index contributed by atoms with van der Waals surface area (Å²) in [6, 6.07) is 0. The Bertz CT molecular complexity index is 370. The maximum atomic E-state index is 11.4. The molecule has 0 aliphatic heterocycles. The minimum absolute atomic E-state index is 0. The highest BCUT2D eigenvalue weighted by atomic mass is 127. The topological polar surface area (TPSA) is 101 Å². The molecule has 0 fully saturated rings. The lowest BCUT2D eigenvalue weighted by molar-refractivity contribution is -0.140. The Balaban J connectivity index is 0. The average molecular weight is 430 g/mol. The molecule has 0 radical (unpaired) electrons. The van der Waals surface area contributed by atoms with Crippen molar-refractivity contribution in [3.8, 4) is 0 Å². The molecule has 0 aromatic rings. The van der Waals surface area contributed by atoms with Crippen LogP contribution >= 0.6 is 24.0 Å². The van der Waals surface area contributed by atoms with Crippen molar-refractivity contribution in [1.82, 2.24) is 16.0 Å². The minimum Gasteiger partial charge on any atom is -0.469 e. The van der Waals surface area contributed by atoms with E-state index in [0.717, 1.165) is 0 Å². The Morgan fingerprint density at radius 2 is 1.59 bits per heavy atom. The van der Waals surface area contributed by atoms with Crippen LogP contribution in [-0.4, -0.2) is 57.4 Å². The van der Waals surface area contributed by atoms with Crippen LogP contribution in [0.5, 0.6) is 0 Å². The molecule has 22 heavy (non-hydrogen) atoms. The van der Waals surface area contributed by atoms with Gasteiger partial charge in [-0.25, -0.2) is 4.79 Å². The molecule has 0 aliphatic carbocycles. The molecule has 0 spiro atoms. The Morgan fingerprint density at radius 1 is 1.05 bits per heavy atom. The number of carbonyl (C=O) groups excluding carboxylic acids is 2. The van der Waals surface area contributed by atoms with Gasteiger partial charge in [-0.05, 0) is 20.8 Å². The molecular formula is C13H27IN4O4. The van der Waals surface area contributed by atoms with Crippen molar-refractivity contribution in [2.45, 2.75) is 32.8 Å². The van der Waals surface area contributed by atoms with Gasteiger partial charge in [0.1, 0.15) is 5.60 Å².